The number of hydrogen-bond donors (Lipinski definition) is 0. The highest BCUT2D eigenvalue weighted by Gasteiger charge is 2.25. The SMILES string of the molecule is CCCCCCCCOc1ccc([B-](F)(F)F)cc1C. The van der Waals surface area contributed by atoms with Gasteiger partial charge >= 0.3 is 6.98 Å². The van der Waals surface area contributed by atoms with E-state index in [1.54, 1.807) is 6.92 Å². The topological polar surface area (TPSA) is 9.23 Å². The van der Waals surface area contributed by atoms with Crippen LogP contribution < -0.4 is 10.2 Å². The molecule has 1 rings (SSSR count). The first-order chi connectivity index (χ1) is 9.45. The molecule has 0 aliphatic heterocycles. The van der Waals surface area contributed by atoms with Gasteiger partial charge in [-0.1, -0.05) is 51.2 Å². The number of rotatable bonds is 9. The van der Waals surface area contributed by atoms with Crippen molar-refractivity contribution in [3.8, 4) is 5.75 Å². The largest absolute Gasteiger partial charge is 0.509 e. The van der Waals surface area contributed by atoms with Crippen molar-refractivity contribution in [2.45, 2.75) is 52.4 Å². The molecule has 1 aromatic rings. The van der Waals surface area contributed by atoms with Crippen LogP contribution in [0.2, 0.25) is 0 Å². The van der Waals surface area contributed by atoms with Crippen molar-refractivity contribution in [2.24, 2.45) is 0 Å². The molecule has 0 aromatic heterocycles. The van der Waals surface area contributed by atoms with Crippen molar-refractivity contribution in [3.05, 3.63) is 23.8 Å². The first kappa shape index (κ1) is 16.9. The number of benzene rings is 1. The van der Waals surface area contributed by atoms with Crippen molar-refractivity contribution in [2.75, 3.05) is 6.61 Å². The van der Waals surface area contributed by atoms with E-state index in [0.29, 0.717) is 17.9 Å². The summed E-state index contributed by atoms with van der Waals surface area (Å²) in [6.45, 7) is -0.518. The normalized spacial score (nSPS) is 11.7. The molecule has 20 heavy (non-hydrogen) atoms. The van der Waals surface area contributed by atoms with Crippen LogP contribution in [0.25, 0.3) is 0 Å². The molecule has 0 fully saturated rings. The van der Waals surface area contributed by atoms with E-state index in [0.717, 1.165) is 25.0 Å². The van der Waals surface area contributed by atoms with E-state index in [9.17, 15) is 12.9 Å². The monoisotopic (exact) mass is 287 g/mol. The Morgan fingerprint density at radius 2 is 1.65 bits per heavy atom. The first-order valence-corrected chi connectivity index (χ1v) is 7.38. The third kappa shape index (κ3) is 5.89. The van der Waals surface area contributed by atoms with Gasteiger partial charge in [0.05, 0.1) is 6.61 Å². The number of halogens is 3. The number of unbranched alkanes of at least 4 members (excludes halogenated alkanes) is 5. The van der Waals surface area contributed by atoms with E-state index in [1.165, 1.54) is 31.7 Å². The van der Waals surface area contributed by atoms with Crippen LogP contribution in [-0.2, 0) is 0 Å². The van der Waals surface area contributed by atoms with Crippen molar-refractivity contribution < 1.29 is 17.7 Å². The van der Waals surface area contributed by atoms with Gasteiger partial charge in [0.25, 0.3) is 0 Å². The molecule has 0 radical (unpaired) electrons. The highest BCUT2D eigenvalue weighted by Crippen LogP contribution is 2.19. The Balaban J connectivity index is 2.34. The average Bonchev–Trinajstić information content (AvgIpc) is 2.38. The van der Waals surface area contributed by atoms with Gasteiger partial charge in [0, 0.05) is 0 Å². The lowest BCUT2D eigenvalue weighted by molar-refractivity contribution is 0.302. The van der Waals surface area contributed by atoms with Crippen LogP contribution in [0, 0.1) is 6.92 Å². The standard InChI is InChI=1S/C15H23BF3O/c1-3-4-5-6-7-8-11-20-15-10-9-14(12-13(15)2)16(17,18)19/h9-10,12H,3-8,11H2,1-2H3/q-1. The second kappa shape index (κ2) is 8.23. The van der Waals surface area contributed by atoms with Gasteiger partial charge in [-0.15, -0.1) is 5.46 Å². The lowest BCUT2D eigenvalue weighted by Gasteiger charge is -2.17. The second-order valence-electron chi connectivity index (χ2n) is 5.22. The lowest BCUT2D eigenvalue weighted by Crippen LogP contribution is -2.34. The molecule has 0 saturated heterocycles. The summed E-state index contributed by atoms with van der Waals surface area (Å²) in [5.74, 6) is 0.558. The number of ether oxygens (including phenoxy) is 1. The maximum atomic E-state index is 12.6. The zero-order valence-electron chi connectivity index (χ0n) is 12.3. The summed E-state index contributed by atoms with van der Waals surface area (Å²) in [6, 6.07) is 3.69. The highest BCUT2D eigenvalue weighted by atomic mass is 19.4. The summed E-state index contributed by atoms with van der Waals surface area (Å²) < 4.78 is 43.3. The summed E-state index contributed by atoms with van der Waals surface area (Å²) in [5.41, 5.74) is -0.0119. The summed E-state index contributed by atoms with van der Waals surface area (Å²) >= 11 is 0. The van der Waals surface area contributed by atoms with Gasteiger partial charge in [-0.05, 0) is 25.0 Å². The quantitative estimate of drug-likeness (QED) is 0.468. The predicted molar refractivity (Wildman–Crippen MR) is 78.8 cm³/mol. The molecule has 0 heterocycles. The molecule has 0 amide bonds. The molecule has 1 nitrogen and oxygen atoms in total. The highest BCUT2D eigenvalue weighted by molar-refractivity contribution is 6.73. The molecule has 1 aromatic carbocycles. The zero-order chi connectivity index (χ0) is 15.0. The van der Waals surface area contributed by atoms with Crippen LogP contribution in [0.15, 0.2) is 18.2 Å². The van der Waals surface area contributed by atoms with E-state index < -0.39 is 12.4 Å². The summed E-state index contributed by atoms with van der Waals surface area (Å²) in [7, 11) is 0. The molecule has 0 spiro atoms. The first-order valence-electron chi connectivity index (χ1n) is 7.38. The molecule has 0 saturated carbocycles. The molecule has 0 N–H and O–H groups in total. The van der Waals surface area contributed by atoms with Gasteiger partial charge in [0.15, 0.2) is 0 Å². The van der Waals surface area contributed by atoms with E-state index in [-0.39, 0.29) is 0 Å². The van der Waals surface area contributed by atoms with Crippen molar-refractivity contribution in [3.63, 3.8) is 0 Å². The maximum absolute atomic E-state index is 12.6. The van der Waals surface area contributed by atoms with Gasteiger partial charge < -0.3 is 17.7 Å². The summed E-state index contributed by atoms with van der Waals surface area (Å²) in [4.78, 5) is 0. The molecule has 114 valence electrons. The minimum Gasteiger partial charge on any atom is -0.493 e. The van der Waals surface area contributed by atoms with Gasteiger partial charge in [-0.3, -0.25) is 0 Å². The molecular formula is C15H23BF3O-. The Bertz CT molecular complexity index is 405. The van der Waals surface area contributed by atoms with Crippen LogP contribution in [-0.4, -0.2) is 13.6 Å². The predicted octanol–water partition coefficient (Wildman–Crippen LogP) is 4.79. The fourth-order valence-corrected chi connectivity index (χ4v) is 2.10. The molecule has 5 heteroatoms. The second-order valence-corrected chi connectivity index (χ2v) is 5.22. The fraction of sp³-hybridized carbons (Fsp3) is 0.600. The Hall–Kier alpha value is -1.13. The third-order valence-corrected chi connectivity index (χ3v) is 3.33. The number of aryl methyl sites for hydroxylation is 1. The van der Waals surface area contributed by atoms with Gasteiger partial charge in [-0.2, -0.15) is 0 Å². The van der Waals surface area contributed by atoms with Gasteiger partial charge in [-0.25, -0.2) is 0 Å². The van der Waals surface area contributed by atoms with Crippen molar-refractivity contribution >= 4 is 12.4 Å². The molecule has 0 atom stereocenters. The van der Waals surface area contributed by atoms with Gasteiger partial charge in [0.1, 0.15) is 5.75 Å². The lowest BCUT2D eigenvalue weighted by atomic mass is 9.79. The van der Waals surface area contributed by atoms with E-state index in [1.807, 2.05) is 0 Å². The fourth-order valence-electron chi connectivity index (χ4n) is 2.10. The molecule has 0 bridgehead atoms. The van der Waals surface area contributed by atoms with Crippen molar-refractivity contribution in [1.29, 1.82) is 0 Å². The van der Waals surface area contributed by atoms with Crippen LogP contribution in [0.1, 0.15) is 51.0 Å². The van der Waals surface area contributed by atoms with E-state index in [2.05, 4.69) is 6.92 Å². The summed E-state index contributed by atoms with van der Waals surface area (Å²) in [6.07, 6.45) is 7.00. The van der Waals surface area contributed by atoms with E-state index >= 15 is 0 Å². The zero-order valence-corrected chi connectivity index (χ0v) is 12.3. The average molecular weight is 287 g/mol. The molecular weight excluding hydrogens is 264 g/mol. The minimum atomic E-state index is -4.92. The molecule has 0 unspecified atom stereocenters. The summed E-state index contributed by atoms with van der Waals surface area (Å²) in [5, 5.41) is 0. The Labute approximate surface area is 119 Å². The minimum absolute atomic E-state index is 0.549. The maximum Gasteiger partial charge on any atom is 0.509 e. The molecule has 0 aliphatic carbocycles. The Morgan fingerprint density at radius 3 is 2.25 bits per heavy atom. The van der Waals surface area contributed by atoms with E-state index in [4.69, 9.17) is 4.74 Å². The van der Waals surface area contributed by atoms with Crippen LogP contribution in [0.3, 0.4) is 0 Å². The van der Waals surface area contributed by atoms with Crippen LogP contribution in [0.4, 0.5) is 12.9 Å². The third-order valence-electron chi connectivity index (χ3n) is 3.33. The smallest absolute Gasteiger partial charge is 0.493 e. The Morgan fingerprint density at radius 1 is 1.00 bits per heavy atom. The molecule has 0 aliphatic rings. The number of hydrogen-bond acceptors (Lipinski definition) is 1. The van der Waals surface area contributed by atoms with Crippen LogP contribution >= 0.6 is 0 Å². The van der Waals surface area contributed by atoms with Crippen molar-refractivity contribution in [1.82, 2.24) is 0 Å². The van der Waals surface area contributed by atoms with Gasteiger partial charge in [0.2, 0.25) is 0 Å². The Kier molecular flexibility index (Phi) is 6.96. The van der Waals surface area contributed by atoms with Crippen LogP contribution in [0.5, 0.6) is 5.75 Å².